The van der Waals surface area contributed by atoms with Crippen LogP contribution in [-0.2, 0) is 27.3 Å². The summed E-state index contributed by atoms with van der Waals surface area (Å²) in [6.45, 7) is 3.97. The van der Waals surface area contributed by atoms with Crippen LogP contribution < -0.4 is 9.47 Å². The second-order valence-electron chi connectivity index (χ2n) is 9.47. The van der Waals surface area contributed by atoms with Crippen LogP contribution in [-0.4, -0.2) is 75.7 Å². The van der Waals surface area contributed by atoms with E-state index in [9.17, 15) is 9.59 Å². The number of hydrogen-bond donors (Lipinski definition) is 0. The molecule has 4 rings (SSSR count). The zero-order valence-corrected chi connectivity index (χ0v) is 22.8. The number of methoxy groups -OCH3 is 3. The quantitative estimate of drug-likeness (QED) is 0.344. The molecular formula is C31H36N2O6. The summed E-state index contributed by atoms with van der Waals surface area (Å²) in [6.07, 6.45) is 0.191. The third-order valence-electron chi connectivity index (χ3n) is 6.96. The Labute approximate surface area is 230 Å². The largest absolute Gasteiger partial charge is 0.497 e. The van der Waals surface area contributed by atoms with Gasteiger partial charge < -0.3 is 23.8 Å². The van der Waals surface area contributed by atoms with Crippen molar-refractivity contribution < 1.29 is 28.5 Å². The summed E-state index contributed by atoms with van der Waals surface area (Å²) in [6, 6.07) is 22.8. The van der Waals surface area contributed by atoms with Crippen molar-refractivity contribution in [1.29, 1.82) is 0 Å². The molecule has 1 saturated heterocycles. The minimum Gasteiger partial charge on any atom is -0.497 e. The highest BCUT2D eigenvalue weighted by Gasteiger charge is 2.24. The van der Waals surface area contributed by atoms with E-state index in [-0.39, 0.29) is 18.0 Å². The number of carbonyl (C=O) groups excluding carboxylic acids is 2. The van der Waals surface area contributed by atoms with Crippen LogP contribution in [0.15, 0.2) is 72.8 Å². The predicted molar refractivity (Wildman–Crippen MR) is 148 cm³/mol. The highest BCUT2D eigenvalue weighted by Crippen LogP contribution is 2.25. The molecule has 8 heteroatoms. The molecule has 1 heterocycles. The standard InChI is InChI=1S/C31H36N2O6/c1-36-27-13-9-23(10-14-27)19-30(34)33-17-15-32(16-18-33)21-29(26-5-4-6-28(20-26)37-2)39-22-24-7-11-25(12-8-24)31(35)38-3/h4-14,20,29H,15-19,21-22H2,1-3H3. The van der Waals surface area contributed by atoms with Gasteiger partial charge in [-0.3, -0.25) is 9.69 Å². The summed E-state index contributed by atoms with van der Waals surface area (Å²) in [5.41, 5.74) is 3.47. The van der Waals surface area contributed by atoms with E-state index in [4.69, 9.17) is 18.9 Å². The molecule has 206 valence electrons. The summed E-state index contributed by atoms with van der Waals surface area (Å²) in [5, 5.41) is 0. The molecule has 0 bridgehead atoms. The van der Waals surface area contributed by atoms with Gasteiger partial charge in [0.05, 0.1) is 46.0 Å². The van der Waals surface area contributed by atoms with Crippen LogP contribution >= 0.6 is 0 Å². The average Bonchev–Trinajstić information content (AvgIpc) is 2.99. The molecule has 0 saturated carbocycles. The minimum atomic E-state index is -0.363. The normalized spacial score (nSPS) is 14.5. The van der Waals surface area contributed by atoms with Crippen LogP contribution in [0, 0.1) is 0 Å². The molecule has 0 radical (unpaired) electrons. The Morgan fingerprint density at radius 2 is 1.46 bits per heavy atom. The number of rotatable bonds is 11. The minimum absolute atomic E-state index is 0.135. The molecule has 1 fully saturated rings. The zero-order valence-electron chi connectivity index (χ0n) is 22.8. The van der Waals surface area contributed by atoms with Gasteiger partial charge in [0, 0.05) is 32.7 Å². The Bertz CT molecular complexity index is 1220. The molecule has 39 heavy (non-hydrogen) atoms. The van der Waals surface area contributed by atoms with E-state index >= 15 is 0 Å². The van der Waals surface area contributed by atoms with Crippen molar-refractivity contribution in [3.05, 3.63) is 95.1 Å². The lowest BCUT2D eigenvalue weighted by Crippen LogP contribution is -2.50. The van der Waals surface area contributed by atoms with Crippen LogP contribution in [0.3, 0.4) is 0 Å². The van der Waals surface area contributed by atoms with Crippen molar-refractivity contribution in [3.63, 3.8) is 0 Å². The lowest BCUT2D eigenvalue weighted by atomic mass is 10.1. The van der Waals surface area contributed by atoms with Crippen LogP contribution in [0.4, 0.5) is 0 Å². The Hall–Kier alpha value is -3.88. The molecule has 3 aromatic rings. The topological polar surface area (TPSA) is 77.5 Å². The van der Waals surface area contributed by atoms with Crippen LogP contribution in [0.5, 0.6) is 11.5 Å². The second kappa shape index (κ2) is 13.8. The number of ether oxygens (including phenoxy) is 4. The molecular weight excluding hydrogens is 496 g/mol. The summed E-state index contributed by atoms with van der Waals surface area (Å²) in [5.74, 6) is 1.33. The molecule has 0 aromatic heterocycles. The number of carbonyl (C=O) groups is 2. The molecule has 3 aromatic carbocycles. The van der Waals surface area contributed by atoms with Gasteiger partial charge >= 0.3 is 5.97 Å². The van der Waals surface area contributed by atoms with Crippen LogP contribution in [0.25, 0.3) is 0 Å². The first-order valence-electron chi connectivity index (χ1n) is 13.0. The maximum absolute atomic E-state index is 12.9. The van der Waals surface area contributed by atoms with Crippen molar-refractivity contribution in [1.82, 2.24) is 9.80 Å². The molecule has 1 aliphatic heterocycles. The third-order valence-corrected chi connectivity index (χ3v) is 6.96. The molecule has 8 nitrogen and oxygen atoms in total. The van der Waals surface area contributed by atoms with Gasteiger partial charge in [-0.25, -0.2) is 4.79 Å². The van der Waals surface area contributed by atoms with Gasteiger partial charge in [0.2, 0.25) is 5.91 Å². The smallest absolute Gasteiger partial charge is 0.337 e. The Balaban J connectivity index is 1.36. The van der Waals surface area contributed by atoms with Gasteiger partial charge in [0.1, 0.15) is 11.5 Å². The van der Waals surface area contributed by atoms with E-state index in [0.717, 1.165) is 41.3 Å². The molecule has 1 atom stereocenters. The van der Waals surface area contributed by atoms with Crippen molar-refractivity contribution in [3.8, 4) is 11.5 Å². The number of hydrogen-bond acceptors (Lipinski definition) is 7. The van der Waals surface area contributed by atoms with Crippen molar-refractivity contribution in [2.24, 2.45) is 0 Å². The maximum atomic E-state index is 12.9. The zero-order chi connectivity index (χ0) is 27.6. The number of esters is 1. The van der Waals surface area contributed by atoms with E-state index < -0.39 is 0 Å². The van der Waals surface area contributed by atoms with Crippen molar-refractivity contribution in [2.75, 3.05) is 54.1 Å². The average molecular weight is 533 g/mol. The fraction of sp³-hybridized carbons (Fsp3) is 0.355. The SMILES string of the molecule is COC(=O)c1ccc(COC(CN2CCN(C(=O)Cc3ccc(OC)cc3)CC2)c2cccc(OC)c2)cc1. The van der Waals surface area contributed by atoms with E-state index in [1.165, 1.54) is 7.11 Å². The first-order valence-corrected chi connectivity index (χ1v) is 13.0. The number of amides is 1. The van der Waals surface area contributed by atoms with Crippen molar-refractivity contribution in [2.45, 2.75) is 19.1 Å². The fourth-order valence-corrected chi connectivity index (χ4v) is 4.59. The van der Waals surface area contributed by atoms with Gasteiger partial charge in [-0.05, 0) is 53.1 Å². The molecule has 1 amide bonds. The lowest BCUT2D eigenvalue weighted by Gasteiger charge is -2.36. The Kier molecular flexibility index (Phi) is 9.94. The number of piperazine rings is 1. The molecule has 1 unspecified atom stereocenters. The van der Waals surface area contributed by atoms with Gasteiger partial charge in [0.15, 0.2) is 0 Å². The predicted octanol–water partition coefficient (Wildman–Crippen LogP) is 4.14. The highest BCUT2D eigenvalue weighted by atomic mass is 16.5. The van der Waals surface area contributed by atoms with Gasteiger partial charge in [-0.15, -0.1) is 0 Å². The maximum Gasteiger partial charge on any atom is 0.337 e. The second-order valence-corrected chi connectivity index (χ2v) is 9.47. The molecule has 1 aliphatic rings. The Morgan fingerprint density at radius 1 is 0.795 bits per heavy atom. The van der Waals surface area contributed by atoms with E-state index in [2.05, 4.69) is 4.90 Å². The monoisotopic (exact) mass is 532 g/mol. The first kappa shape index (κ1) is 28.1. The van der Waals surface area contributed by atoms with Gasteiger partial charge in [-0.2, -0.15) is 0 Å². The number of nitrogens with zero attached hydrogens (tertiary/aromatic N) is 2. The molecule has 0 aliphatic carbocycles. The van der Waals surface area contributed by atoms with Crippen LogP contribution in [0.2, 0.25) is 0 Å². The summed E-state index contributed by atoms with van der Waals surface area (Å²) in [4.78, 5) is 28.9. The molecule has 0 spiro atoms. The first-order chi connectivity index (χ1) is 19.0. The van der Waals surface area contributed by atoms with E-state index in [1.54, 1.807) is 26.4 Å². The van der Waals surface area contributed by atoms with Gasteiger partial charge in [-0.1, -0.05) is 36.4 Å². The summed E-state index contributed by atoms with van der Waals surface area (Å²) >= 11 is 0. The molecule has 0 N–H and O–H groups in total. The van der Waals surface area contributed by atoms with E-state index in [1.807, 2.05) is 65.6 Å². The summed E-state index contributed by atoms with van der Waals surface area (Å²) in [7, 11) is 4.65. The third kappa shape index (κ3) is 7.81. The Morgan fingerprint density at radius 3 is 2.10 bits per heavy atom. The van der Waals surface area contributed by atoms with Crippen LogP contribution in [0.1, 0.15) is 33.2 Å². The van der Waals surface area contributed by atoms with Crippen molar-refractivity contribution >= 4 is 11.9 Å². The summed E-state index contributed by atoms with van der Waals surface area (Å²) < 4.78 is 21.8. The fourth-order valence-electron chi connectivity index (χ4n) is 4.59. The van der Waals surface area contributed by atoms with E-state index in [0.29, 0.717) is 38.2 Å². The number of benzene rings is 3. The highest BCUT2D eigenvalue weighted by molar-refractivity contribution is 5.89. The lowest BCUT2D eigenvalue weighted by molar-refractivity contribution is -0.132. The van der Waals surface area contributed by atoms with Gasteiger partial charge in [0.25, 0.3) is 0 Å².